The van der Waals surface area contributed by atoms with Gasteiger partial charge in [-0.3, -0.25) is 0 Å². The second kappa shape index (κ2) is 4.80. The molecule has 0 aliphatic heterocycles. The van der Waals surface area contributed by atoms with E-state index in [-0.39, 0.29) is 0 Å². The van der Waals surface area contributed by atoms with E-state index in [1.807, 2.05) is 19.1 Å². The Balaban J connectivity index is 2.88. The summed E-state index contributed by atoms with van der Waals surface area (Å²) in [6, 6.07) is 3.90. The molecule has 4 nitrogen and oxygen atoms in total. The van der Waals surface area contributed by atoms with Gasteiger partial charge >= 0.3 is 0 Å². The standard InChI is InChI=1S/C11H11Br2N3O/c1-5-3-6-9(15-11(5)16-14)7(12)4-8(13)10(6)17-2/h3-4H,14H2,1-2H3,(H,15,16). The third kappa shape index (κ3) is 2.12. The van der Waals surface area contributed by atoms with Crippen LogP contribution in [-0.2, 0) is 0 Å². The number of ether oxygens (including phenoxy) is 1. The van der Waals surface area contributed by atoms with Crippen molar-refractivity contribution in [3.63, 3.8) is 0 Å². The van der Waals surface area contributed by atoms with E-state index in [4.69, 9.17) is 10.6 Å². The van der Waals surface area contributed by atoms with Crippen molar-refractivity contribution < 1.29 is 4.74 Å². The van der Waals surface area contributed by atoms with Gasteiger partial charge in [-0.2, -0.15) is 0 Å². The highest BCUT2D eigenvalue weighted by Gasteiger charge is 2.13. The number of methoxy groups -OCH3 is 1. The molecule has 0 spiro atoms. The molecule has 17 heavy (non-hydrogen) atoms. The maximum atomic E-state index is 5.42. The van der Waals surface area contributed by atoms with Crippen molar-refractivity contribution in [3.05, 3.63) is 26.6 Å². The topological polar surface area (TPSA) is 60.2 Å². The summed E-state index contributed by atoms with van der Waals surface area (Å²) in [5.74, 6) is 6.85. The molecule has 0 fully saturated rings. The number of nitrogens with two attached hydrogens (primary N) is 1. The number of rotatable bonds is 2. The van der Waals surface area contributed by atoms with E-state index in [9.17, 15) is 0 Å². The van der Waals surface area contributed by atoms with Gasteiger partial charge in [0.25, 0.3) is 0 Å². The van der Waals surface area contributed by atoms with Crippen LogP contribution in [0.25, 0.3) is 10.9 Å². The van der Waals surface area contributed by atoms with Crippen LogP contribution in [0.1, 0.15) is 5.56 Å². The number of hydrogen-bond donors (Lipinski definition) is 2. The van der Waals surface area contributed by atoms with E-state index >= 15 is 0 Å². The number of hydrazine groups is 1. The highest BCUT2D eigenvalue weighted by atomic mass is 79.9. The number of benzene rings is 1. The van der Waals surface area contributed by atoms with Gasteiger partial charge < -0.3 is 10.2 Å². The van der Waals surface area contributed by atoms with Crippen molar-refractivity contribution in [2.24, 2.45) is 5.84 Å². The summed E-state index contributed by atoms with van der Waals surface area (Å²) in [4.78, 5) is 4.46. The molecule has 2 rings (SSSR count). The van der Waals surface area contributed by atoms with Crippen LogP contribution < -0.4 is 16.0 Å². The quantitative estimate of drug-likeness (QED) is 0.636. The Morgan fingerprint density at radius 3 is 2.59 bits per heavy atom. The third-order valence-electron chi connectivity index (χ3n) is 2.50. The summed E-state index contributed by atoms with van der Waals surface area (Å²) < 4.78 is 7.15. The molecule has 0 bridgehead atoms. The molecular formula is C11H11Br2N3O. The molecule has 0 amide bonds. The minimum Gasteiger partial charge on any atom is -0.495 e. The number of nitrogen functional groups attached to an aromatic ring is 1. The molecule has 3 N–H and O–H groups in total. The van der Waals surface area contributed by atoms with E-state index in [1.165, 1.54) is 0 Å². The number of hydrogen-bond acceptors (Lipinski definition) is 4. The fourth-order valence-electron chi connectivity index (χ4n) is 1.70. The molecule has 0 aliphatic carbocycles. The molecule has 0 saturated carbocycles. The number of halogens is 2. The van der Waals surface area contributed by atoms with Gasteiger partial charge in [-0.25, -0.2) is 10.8 Å². The number of aryl methyl sites for hydroxylation is 1. The first-order valence-corrected chi connectivity index (χ1v) is 6.47. The highest BCUT2D eigenvalue weighted by molar-refractivity contribution is 9.11. The maximum Gasteiger partial charge on any atom is 0.143 e. The number of nitrogens with one attached hydrogen (secondary N) is 1. The molecule has 1 heterocycles. The fourth-order valence-corrected chi connectivity index (χ4v) is 3.14. The number of anilines is 1. The average Bonchev–Trinajstić information content (AvgIpc) is 2.29. The minimum absolute atomic E-state index is 0.655. The van der Waals surface area contributed by atoms with Crippen molar-refractivity contribution in [2.75, 3.05) is 12.5 Å². The monoisotopic (exact) mass is 359 g/mol. The largest absolute Gasteiger partial charge is 0.495 e. The summed E-state index contributed by atoms with van der Waals surface area (Å²) in [5, 5.41) is 0.935. The highest BCUT2D eigenvalue weighted by Crippen LogP contribution is 2.38. The molecule has 0 radical (unpaired) electrons. The third-order valence-corrected chi connectivity index (χ3v) is 3.69. The average molecular weight is 361 g/mol. The van der Waals surface area contributed by atoms with E-state index in [0.717, 1.165) is 31.2 Å². The fraction of sp³-hybridized carbons (Fsp3) is 0.182. The molecular weight excluding hydrogens is 350 g/mol. The zero-order chi connectivity index (χ0) is 12.6. The van der Waals surface area contributed by atoms with Crippen LogP contribution in [0, 0.1) is 6.92 Å². The lowest BCUT2D eigenvalue weighted by Crippen LogP contribution is -2.10. The molecule has 2 aromatic rings. The second-order valence-electron chi connectivity index (χ2n) is 3.57. The Labute approximate surface area is 116 Å². The lowest BCUT2D eigenvalue weighted by Gasteiger charge is -2.12. The molecule has 90 valence electrons. The van der Waals surface area contributed by atoms with Crippen LogP contribution in [0.2, 0.25) is 0 Å². The van der Waals surface area contributed by atoms with Crippen LogP contribution in [0.15, 0.2) is 21.1 Å². The van der Waals surface area contributed by atoms with Crippen molar-refractivity contribution >= 4 is 48.6 Å². The molecule has 0 unspecified atom stereocenters. The summed E-state index contributed by atoms with van der Waals surface area (Å²) in [7, 11) is 1.64. The number of nitrogens with zero attached hydrogens (tertiary/aromatic N) is 1. The molecule has 0 atom stereocenters. The van der Waals surface area contributed by atoms with E-state index in [0.29, 0.717) is 5.82 Å². The van der Waals surface area contributed by atoms with Gasteiger partial charge in [-0.1, -0.05) is 0 Å². The van der Waals surface area contributed by atoms with Crippen molar-refractivity contribution in [3.8, 4) is 5.75 Å². The Kier molecular flexibility index (Phi) is 3.56. The zero-order valence-electron chi connectivity index (χ0n) is 9.34. The molecule has 0 aliphatic rings. The van der Waals surface area contributed by atoms with Crippen LogP contribution >= 0.6 is 31.9 Å². The van der Waals surface area contributed by atoms with E-state index < -0.39 is 0 Å². The summed E-state index contributed by atoms with van der Waals surface area (Å²) in [6.45, 7) is 1.94. The van der Waals surface area contributed by atoms with Crippen LogP contribution in [0.5, 0.6) is 5.75 Å². The van der Waals surface area contributed by atoms with Crippen LogP contribution in [-0.4, -0.2) is 12.1 Å². The first-order chi connectivity index (χ1) is 8.08. The number of aromatic nitrogens is 1. The second-order valence-corrected chi connectivity index (χ2v) is 5.28. The van der Waals surface area contributed by atoms with Gasteiger partial charge in [0.15, 0.2) is 0 Å². The van der Waals surface area contributed by atoms with Gasteiger partial charge in [-0.15, -0.1) is 0 Å². The van der Waals surface area contributed by atoms with E-state index in [1.54, 1.807) is 7.11 Å². The van der Waals surface area contributed by atoms with Crippen molar-refractivity contribution in [2.45, 2.75) is 6.92 Å². The van der Waals surface area contributed by atoms with Crippen molar-refractivity contribution in [1.82, 2.24) is 4.98 Å². The first-order valence-electron chi connectivity index (χ1n) is 4.88. The zero-order valence-corrected chi connectivity index (χ0v) is 12.5. The maximum absolute atomic E-state index is 5.42. The Hall–Kier alpha value is -0.850. The molecule has 6 heteroatoms. The lowest BCUT2D eigenvalue weighted by molar-refractivity contribution is 0.417. The van der Waals surface area contributed by atoms with Gasteiger partial charge in [-0.05, 0) is 56.5 Å². The number of pyridine rings is 1. The SMILES string of the molecule is COc1c(Br)cc(Br)c2nc(NN)c(C)cc12. The number of fused-ring (bicyclic) bond motifs is 1. The van der Waals surface area contributed by atoms with Gasteiger partial charge in [0.05, 0.1) is 17.1 Å². The van der Waals surface area contributed by atoms with Gasteiger partial charge in [0.2, 0.25) is 0 Å². The Morgan fingerprint density at radius 1 is 1.29 bits per heavy atom. The van der Waals surface area contributed by atoms with Crippen LogP contribution in [0.3, 0.4) is 0 Å². The molecule has 1 aromatic carbocycles. The predicted molar refractivity (Wildman–Crippen MR) is 76.2 cm³/mol. The predicted octanol–water partition coefficient (Wildman–Crippen LogP) is 3.36. The van der Waals surface area contributed by atoms with Gasteiger partial charge in [0, 0.05) is 9.86 Å². The summed E-state index contributed by atoms with van der Waals surface area (Å²) in [5.41, 5.74) is 4.35. The summed E-state index contributed by atoms with van der Waals surface area (Å²) >= 11 is 6.95. The lowest BCUT2D eigenvalue weighted by atomic mass is 10.1. The smallest absolute Gasteiger partial charge is 0.143 e. The van der Waals surface area contributed by atoms with E-state index in [2.05, 4.69) is 42.3 Å². The Bertz CT molecular complexity index is 587. The van der Waals surface area contributed by atoms with Crippen molar-refractivity contribution in [1.29, 1.82) is 0 Å². The summed E-state index contributed by atoms with van der Waals surface area (Å²) in [6.07, 6.45) is 0. The molecule has 0 saturated heterocycles. The molecule has 1 aromatic heterocycles. The minimum atomic E-state index is 0.655. The normalized spacial score (nSPS) is 10.6. The van der Waals surface area contributed by atoms with Crippen LogP contribution in [0.4, 0.5) is 5.82 Å². The Morgan fingerprint density at radius 2 is 2.00 bits per heavy atom. The first kappa shape index (κ1) is 12.6. The van der Waals surface area contributed by atoms with Gasteiger partial charge in [0.1, 0.15) is 11.6 Å².